The summed E-state index contributed by atoms with van der Waals surface area (Å²) in [6, 6.07) is 4.70. The predicted octanol–water partition coefficient (Wildman–Crippen LogP) is 2.78. The SMILES string of the molecule is Cl.NCCc1c[nH]c(=S)n1[C@H]1COc2ccc(F)cc2C1. The number of rotatable bonds is 3. The van der Waals surface area contributed by atoms with Crippen LogP contribution in [0.2, 0.25) is 0 Å². The number of nitrogens with two attached hydrogens (primary N) is 1. The maximum Gasteiger partial charge on any atom is 0.177 e. The average Bonchev–Trinajstić information content (AvgIpc) is 2.79. The molecule has 0 amide bonds. The van der Waals surface area contributed by atoms with Crippen LogP contribution in [0.1, 0.15) is 17.3 Å². The van der Waals surface area contributed by atoms with Crippen LogP contribution in [0.3, 0.4) is 0 Å². The van der Waals surface area contributed by atoms with Gasteiger partial charge in [-0.3, -0.25) is 0 Å². The van der Waals surface area contributed by atoms with Gasteiger partial charge in [-0.25, -0.2) is 4.39 Å². The molecule has 1 aliphatic rings. The van der Waals surface area contributed by atoms with Crippen LogP contribution in [0.25, 0.3) is 0 Å². The molecule has 0 aliphatic carbocycles. The first-order valence-corrected chi connectivity index (χ1v) is 7.00. The van der Waals surface area contributed by atoms with Gasteiger partial charge in [0.2, 0.25) is 0 Å². The third kappa shape index (κ3) is 3.12. The molecule has 0 saturated carbocycles. The topological polar surface area (TPSA) is 56.0 Å². The highest BCUT2D eigenvalue weighted by Gasteiger charge is 2.23. The Morgan fingerprint density at radius 1 is 1.48 bits per heavy atom. The van der Waals surface area contributed by atoms with E-state index in [0.29, 0.717) is 24.3 Å². The molecule has 1 aromatic heterocycles. The Bertz CT molecular complexity index is 685. The maximum atomic E-state index is 13.3. The fraction of sp³-hybridized carbons (Fsp3) is 0.357. The Hall–Kier alpha value is -1.37. The number of halogens is 2. The number of fused-ring (bicyclic) bond motifs is 1. The van der Waals surface area contributed by atoms with Crippen LogP contribution < -0.4 is 10.5 Å². The number of H-pyrrole nitrogens is 1. The molecule has 0 unspecified atom stereocenters. The highest BCUT2D eigenvalue weighted by Crippen LogP contribution is 2.31. The highest BCUT2D eigenvalue weighted by atomic mass is 35.5. The minimum absolute atomic E-state index is 0. The predicted molar refractivity (Wildman–Crippen MR) is 84.3 cm³/mol. The number of aromatic nitrogens is 2. The van der Waals surface area contributed by atoms with Gasteiger partial charge in [-0.05, 0) is 42.5 Å². The quantitative estimate of drug-likeness (QED) is 0.851. The van der Waals surface area contributed by atoms with E-state index in [9.17, 15) is 4.39 Å². The first-order chi connectivity index (χ1) is 9.69. The van der Waals surface area contributed by atoms with E-state index < -0.39 is 0 Å². The zero-order chi connectivity index (χ0) is 14.1. The van der Waals surface area contributed by atoms with Gasteiger partial charge in [0, 0.05) is 24.7 Å². The zero-order valence-corrected chi connectivity index (χ0v) is 13.0. The number of aromatic amines is 1. The Balaban J connectivity index is 0.00000161. The lowest BCUT2D eigenvalue weighted by molar-refractivity contribution is 0.220. The second-order valence-electron chi connectivity index (χ2n) is 4.91. The van der Waals surface area contributed by atoms with Crippen molar-refractivity contribution in [1.29, 1.82) is 0 Å². The average molecular weight is 330 g/mol. The molecule has 4 nitrogen and oxygen atoms in total. The van der Waals surface area contributed by atoms with Crippen LogP contribution in [0.4, 0.5) is 4.39 Å². The molecule has 0 spiro atoms. The van der Waals surface area contributed by atoms with Crippen molar-refractivity contribution in [1.82, 2.24) is 9.55 Å². The van der Waals surface area contributed by atoms with Crippen molar-refractivity contribution in [2.24, 2.45) is 5.73 Å². The van der Waals surface area contributed by atoms with E-state index in [0.717, 1.165) is 23.4 Å². The van der Waals surface area contributed by atoms with Crippen LogP contribution in [-0.2, 0) is 12.8 Å². The number of benzene rings is 1. The van der Waals surface area contributed by atoms with E-state index in [-0.39, 0.29) is 24.3 Å². The molecule has 114 valence electrons. The molecule has 1 aliphatic heterocycles. The zero-order valence-electron chi connectivity index (χ0n) is 11.3. The standard InChI is InChI=1S/C14H16FN3OS.ClH/c15-10-1-2-13-9(5-10)6-12(8-19-13)18-11(3-4-16)7-17-14(18)20;/h1-2,5,7,12H,3-4,6,8,16H2,(H,17,20);1H/t12-;/m1./s1. The summed E-state index contributed by atoms with van der Waals surface area (Å²) < 4.78 is 21.8. The summed E-state index contributed by atoms with van der Waals surface area (Å²) >= 11 is 5.33. The van der Waals surface area contributed by atoms with Crippen LogP contribution >= 0.6 is 24.6 Å². The van der Waals surface area contributed by atoms with Crippen molar-refractivity contribution in [2.45, 2.75) is 18.9 Å². The minimum atomic E-state index is -0.243. The van der Waals surface area contributed by atoms with Gasteiger partial charge in [-0.2, -0.15) is 0 Å². The monoisotopic (exact) mass is 329 g/mol. The summed E-state index contributed by atoms with van der Waals surface area (Å²) in [5.41, 5.74) is 7.56. The van der Waals surface area contributed by atoms with E-state index in [4.69, 9.17) is 22.7 Å². The molecule has 2 heterocycles. The van der Waals surface area contributed by atoms with Crippen molar-refractivity contribution in [3.63, 3.8) is 0 Å². The van der Waals surface area contributed by atoms with Gasteiger partial charge in [-0.1, -0.05) is 0 Å². The first-order valence-electron chi connectivity index (χ1n) is 6.59. The summed E-state index contributed by atoms with van der Waals surface area (Å²) in [6.45, 7) is 1.09. The Morgan fingerprint density at radius 2 is 2.29 bits per heavy atom. The molecule has 0 radical (unpaired) electrons. The van der Waals surface area contributed by atoms with Gasteiger partial charge in [0.1, 0.15) is 18.2 Å². The van der Waals surface area contributed by atoms with Crippen LogP contribution in [0.15, 0.2) is 24.4 Å². The third-order valence-electron chi connectivity index (χ3n) is 3.57. The molecule has 3 N–H and O–H groups in total. The lowest BCUT2D eigenvalue weighted by atomic mass is 10.0. The molecule has 3 rings (SSSR count). The highest BCUT2D eigenvalue weighted by molar-refractivity contribution is 7.71. The fourth-order valence-electron chi connectivity index (χ4n) is 2.67. The summed E-state index contributed by atoms with van der Waals surface area (Å²) in [4.78, 5) is 3.05. The minimum Gasteiger partial charge on any atom is -0.491 e. The second kappa shape index (κ2) is 6.60. The number of nitrogens with one attached hydrogen (secondary N) is 1. The molecule has 1 aromatic carbocycles. The van der Waals surface area contributed by atoms with Crippen molar-refractivity contribution in [2.75, 3.05) is 13.2 Å². The smallest absolute Gasteiger partial charge is 0.177 e. The molecular formula is C14H17ClFN3OS. The molecule has 7 heteroatoms. The molecule has 1 atom stereocenters. The van der Waals surface area contributed by atoms with E-state index >= 15 is 0 Å². The number of hydrogen-bond donors (Lipinski definition) is 2. The van der Waals surface area contributed by atoms with Gasteiger partial charge in [0.05, 0.1) is 6.04 Å². The number of nitrogens with zero attached hydrogens (tertiary/aromatic N) is 1. The molecule has 0 bridgehead atoms. The fourth-order valence-corrected chi connectivity index (χ4v) is 2.99. The van der Waals surface area contributed by atoms with Crippen LogP contribution in [-0.4, -0.2) is 22.7 Å². The van der Waals surface area contributed by atoms with Gasteiger partial charge in [-0.15, -0.1) is 12.4 Å². The Kier molecular flexibility index (Phi) is 5.03. The Labute approximate surface area is 133 Å². The summed E-state index contributed by atoms with van der Waals surface area (Å²) in [5, 5.41) is 0. The molecule has 2 aromatic rings. The summed E-state index contributed by atoms with van der Waals surface area (Å²) in [7, 11) is 0. The van der Waals surface area contributed by atoms with Crippen LogP contribution in [0, 0.1) is 10.6 Å². The van der Waals surface area contributed by atoms with Crippen molar-refractivity contribution in [3.05, 3.63) is 46.2 Å². The van der Waals surface area contributed by atoms with E-state index in [1.54, 1.807) is 6.07 Å². The Morgan fingerprint density at radius 3 is 3.05 bits per heavy atom. The van der Waals surface area contributed by atoms with E-state index in [1.807, 2.05) is 10.8 Å². The maximum absolute atomic E-state index is 13.3. The first kappa shape index (κ1) is 16.0. The number of ether oxygens (including phenoxy) is 1. The van der Waals surface area contributed by atoms with Gasteiger partial charge in [0.25, 0.3) is 0 Å². The molecular weight excluding hydrogens is 313 g/mol. The lowest BCUT2D eigenvalue weighted by Gasteiger charge is -2.27. The van der Waals surface area contributed by atoms with E-state index in [1.165, 1.54) is 12.1 Å². The van der Waals surface area contributed by atoms with Crippen molar-refractivity contribution >= 4 is 24.6 Å². The second-order valence-corrected chi connectivity index (χ2v) is 5.30. The summed E-state index contributed by atoms with van der Waals surface area (Å²) in [6.07, 6.45) is 3.34. The van der Waals surface area contributed by atoms with Crippen LogP contribution in [0.5, 0.6) is 5.75 Å². The number of imidazole rings is 1. The molecule has 21 heavy (non-hydrogen) atoms. The number of hydrogen-bond acceptors (Lipinski definition) is 3. The molecule has 0 fully saturated rings. The lowest BCUT2D eigenvalue weighted by Crippen LogP contribution is -2.26. The normalized spacial score (nSPS) is 16.8. The van der Waals surface area contributed by atoms with Gasteiger partial charge < -0.3 is 20.0 Å². The molecule has 0 saturated heterocycles. The largest absolute Gasteiger partial charge is 0.491 e. The van der Waals surface area contributed by atoms with Gasteiger partial charge in [0.15, 0.2) is 4.77 Å². The van der Waals surface area contributed by atoms with Crippen molar-refractivity contribution in [3.8, 4) is 5.75 Å². The summed E-state index contributed by atoms with van der Waals surface area (Å²) in [5.74, 6) is 0.512. The van der Waals surface area contributed by atoms with Crippen molar-refractivity contribution < 1.29 is 9.13 Å². The van der Waals surface area contributed by atoms with Gasteiger partial charge >= 0.3 is 0 Å². The third-order valence-corrected chi connectivity index (χ3v) is 3.88. The van der Waals surface area contributed by atoms with E-state index in [2.05, 4.69) is 4.98 Å².